The zero-order valence-electron chi connectivity index (χ0n) is 11.8. The van der Waals surface area contributed by atoms with Crippen molar-refractivity contribution in [1.29, 1.82) is 0 Å². The van der Waals surface area contributed by atoms with Gasteiger partial charge in [-0.05, 0) is 34.1 Å². The molecule has 0 aromatic carbocycles. The number of hydrogen-bond acceptors (Lipinski definition) is 6. The van der Waals surface area contributed by atoms with Gasteiger partial charge < -0.3 is 4.52 Å². The van der Waals surface area contributed by atoms with Gasteiger partial charge in [-0.2, -0.15) is 0 Å². The van der Waals surface area contributed by atoms with Gasteiger partial charge in [0.1, 0.15) is 10.6 Å². The number of rotatable bonds is 5. The van der Waals surface area contributed by atoms with Crippen molar-refractivity contribution in [3.8, 4) is 0 Å². The van der Waals surface area contributed by atoms with Gasteiger partial charge in [-0.3, -0.25) is 0 Å². The van der Waals surface area contributed by atoms with Crippen LogP contribution in [0, 0.1) is 27.7 Å². The predicted octanol–water partition coefficient (Wildman–Crippen LogP) is 1.89. The Balaban J connectivity index is 2.05. The minimum atomic E-state index is -3.58. The van der Waals surface area contributed by atoms with E-state index in [4.69, 9.17) is 4.52 Å². The first kappa shape index (κ1) is 15.1. The molecule has 0 aliphatic carbocycles. The number of hydrogen-bond donors (Lipinski definition) is 1. The van der Waals surface area contributed by atoms with Crippen LogP contribution in [-0.4, -0.2) is 25.1 Å². The molecule has 2 aromatic rings. The average Bonchev–Trinajstić information content (AvgIpc) is 2.82. The molecule has 0 bridgehead atoms. The Morgan fingerprint density at radius 2 is 1.90 bits per heavy atom. The van der Waals surface area contributed by atoms with Crippen molar-refractivity contribution in [3.63, 3.8) is 0 Å². The molecule has 0 unspecified atom stereocenters. The van der Waals surface area contributed by atoms with E-state index in [9.17, 15) is 8.42 Å². The fourth-order valence-corrected chi connectivity index (χ4v) is 4.33. The lowest BCUT2D eigenvalue weighted by atomic mass is 10.3. The molecule has 0 aliphatic heterocycles. The topological polar surface area (TPSA) is 85.1 Å². The van der Waals surface area contributed by atoms with E-state index >= 15 is 0 Å². The van der Waals surface area contributed by atoms with Crippen LogP contribution in [0.5, 0.6) is 0 Å². The second kappa shape index (κ2) is 5.63. The van der Waals surface area contributed by atoms with E-state index in [0.29, 0.717) is 24.4 Å². The van der Waals surface area contributed by atoms with Gasteiger partial charge >= 0.3 is 0 Å². The predicted molar refractivity (Wildman–Crippen MR) is 76.5 cm³/mol. The molecule has 110 valence electrons. The van der Waals surface area contributed by atoms with Crippen molar-refractivity contribution < 1.29 is 12.9 Å². The largest absolute Gasteiger partial charge is 0.360 e. The van der Waals surface area contributed by atoms with Gasteiger partial charge in [0.2, 0.25) is 10.0 Å². The summed E-state index contributed by atoms with van der Waals surface area (Å²) in [7, 11) is -3.58. The molecule has 0 saturated carbocycles. The van der Waals surface area contributed by atoms with Gasteiger partial charge in [0.25, 0.3) is 0 Å². The lowest BCUT2D eigenvalue weighted by Gasteiger charge is -2.05. The smallest absolute Gasteiger partial charge is 0.245 e. The summed E-state index contributed by atoms with van der Waals surface area (Å²) in [5, 5.41) is 4.66. The summed E-state index contributed by atoms with van der Waals surface area (Å²) in [5.74, 6) is 0.305. The maximum atomic E-state index is 12.2. The quantitative estimate of drug-likeness (QED) is 0.910. The highest BCUT2D eigenvalue weighted by molar-refractivity contribution is 7.89. The highest BCUT2D eigenvalue weighted by atomic mass is 32.2. The Morgan fingerprint density at radius 1 is 1.20 bits per heavy atom. The van der Waals surface area contributed by atoms with Crippen LogP contribution in [0.3, 0.4) is 0 Å². The minimum absolute atomic E-state index is 0.134. The molecule has 0 spiro atoms. The lowest BCUT2D eigenvalue weighted by molar-refractivity contribution is 0.390. The third-order valence-corrected chi connectivity index (χ3v) is 5.72. The summed E-state index contributed by atoms with van der Waals surface area (Å²) in [6.45, 7) is 7.40. The van der Waals surface area contributed by atoms with Crippen LogP contribution in [-0.2, 0) is 16.4 Å². The number of nitrogens with zero attached hydrogens (tertiary/aromatic N) is 2. The van der Waals surface area contributed by atoms with E-state index < -0.39 is 10.0 Å². The Kier molecular flexibility index (Phi) is 4.26. The van der Waals surface area contributed by atoms with Gasteiger partial charge in [0.15, 0.2) is 5.76 Å². The Morgan fingerprint density at radius 3 is 2.40 bits per heavy atom. The van der Waals surface area contributed by atoms with E-state index in [-0.39, 0.29) is 4.90 Å². The standard InChI is InChI=1S/C12H17N3O3S2/c1-7-11(19-10(4)14-7)5-6-13-20(16,17)12-8(2)15-18-9(12)3/h13H,5-6H2,1-4H3. The molecule has 2 rings (SSSR count). The maximum Gasteiger partial charge on any atom is 0.245 e. The second-order valence-electron chi connectivity index (χ2n) is 4.54. The van der Waals surface area contributed by atoms with Crippen molar-refractivity contribution in [3.05, 3.63) is 27.0 Å². The molecule has 2 heterocycles. The number of sulfonamides is 1. The molecule has 20 heavy (non-hydrogen) atoms. The number of thiazole rings is 1. The first-order chi connectivity index (χ1) is 9.31. The third-order valence-electron chi connectivity index (χ3n) is 2.88. The molecule has 0 amide bonds. The Labute approximate surface area is 122 Å². The monoisotopic (exact) mass is 315 g/mol. The zero-order chi connectivity index (χ0) is 14.9. The van der Waals surface area contributed by atoms with Crippen molar-refractivity contribution in [2.45, 2.75) is 39.0 Å². The summed E-state index contributed by atoms with van der Waals surface area (Å²) < 4.78 is 31.9. The van der Waals surface area contributed by atoms with Crippen LogP contribution in [0.15, 0.2) is 9.42 Å². The number of nitrogens with one attached hydrogen (secondary N) is 1. The maximum absolute atomic E-state index is 12.2. The van der Waals surface area contributed by atoms with Crippen molar-refractivity contribution in [1.82, 2.24) is 14.9 Å². The highest BCUT2D eigenvalue weighted by Crippen LogP contribution is 2.20. The van der Waals surface area contributed by atoms with Gasteiger partial charge in [-0.25, -0.2) is 18.1 Å². The van der Waals surface area contributed by atoms with Crippen LogP contribution < -0.4 is 4.72 Å². The molecule has 0 saturated heterocycles. The van der Waals surface area contributed by atoms with Crippen LogP contribution in [0.1, 0.15) is 27.0 Å². The Hall–Kier alpha value is -1.25. The van der Waals surface area contributed by atoms with Crippen molar-refractivity contribution >= 4 is 21.4 Å². The summed E-state index contributed by atoms with van der Waals surface area (Å²) in [6, 6.07) is 0. The number of aromatic nitrogens is 2. The molecule has 0 fully saturated rings. The summed E-state index contributed by atoms with van der Waals surface area (Å²) in [6.07, 6.45) is 0.625. The molecule has 1 N–H and O–H groups in total. The average molecular weight is 315 g/mol. The summed E-state index contributed by atoms with van der Waals surface area (Å²) in [4.78, 5) is 5.56. The van der Waals surface area contributed by atoms with E-state index in [1.807, 2.05) is 13.8 Å². The fourth-order valence-electron chi connectivity index (χ4n) is 2.03. The van der Waals surface area contributed by atoms with Crippen LogP contribution in [0.4, 0.5) is 0 Å². The fraction of sp³-hybridized carbons (Fsp3) is 0.500. The van der Waals surface area contributed by atoms with Crippen LogP contribution >= 0.6 is 11.3 Å². The molecular weight excluding hydrogens is 298 g/mol. The molecule has 2 aromatic heterocycles. The van der Waals surface area contributed by atoms with Gasteiger partial charge in [0.05, 0.1) is 10.7 Å². The third kappa shape index (κ3) is 3.08. The minimum Gasteiger partial charge on any atom is -0.360 e. The van der Waals surface area contributed by atoms with E-state index in [1.165, 1.54) is 0 Å². The van der Waals surface area contributed by atoms with Gasteiger partial charge in [-0.1, -0.05) is 5.16 Å². The normalized spacial score (nSPS) is 12.0. The first-order valence-corrected chi connectivity index (χ1v) is 8.46. The van der Waals surface area contributed by atoms with Crippen molar-refractivity contribution in [2.24, 2.45) is 0 Å². The zero-order valence-corrected chi connectivity index (χ0v) is 13.5. The molecule has 0 radical (unpaired) electrons. The van der Waals surface area contributed by atoms with Gasteiger partial charge in [-0.15, -0.1) is 11.3 Å². The van der Waals surface area contributed by atoms with Gasteiger partial charge in [0, 0.05) is 11.4 Å². The molecule has 0 aliphatic rings. The molecular formula is C12H17N3O3S2. The van der Waals surface area contributed by atoms with E-state index in [2.05, 4.69) is 14.9 Å². The van der Waals surface area contributed by atoms with Crippen LogP contribution in [0.2, 0.25) is 0 Å². The SMILES string of the molecule is Cc1nc(C)c(CCNS(=O)(=O)c2c(C)noc2C)s1. The second-order valence-corrected chi connectivity index (χ2v) is 7.53. The van der Waals surface area contributed by atoms with Crippen LogP contribution in [0.25, 0.3) is 0 Å². The highest BCUT2D eigenvalue weighted by Gasteiger charge is 2.23. The first-order valence-electron chi connectivity index (χ1n) is 6.16. The Bertz CT molecular complexity index is 697. The van der Waals surface area contributed by atoms with Crippen molar-refractivity contribution in [2.75, 3.05) is 6.54 Å². The van der Waals surface area contributed by atoms with E-state index in [1.54, 1.807) is 25.2 Å². The molecule has 0 atom stereocenters. The summed E-state index contributed by atoms with van der Waals surface area (Å²) in [5.41, 5.74) is 1.34. The molecule has 8 heteroatoms. The molecule has 6 nitrogen and oxygen atoms in total. The lowest BCUT2D eigenvalue weighted by Crippen LogP contribution is -2.26. The number of aryl methyl sites for hydroxylation is 4. The summed E-state index contributed by atoms with van der Waals surface area (Å²) >= 11 is 1.59. The van der Waals surface area contributed by atoms with E-state index in [0.717, 1.165) is 15.6 Å².